The number of para-hydroxylation sites is 1. The third-order valence-electron chi connectivity index (χ3n) is 3.81. The maximum atomic E-state index is 12.3. The summed E-state index contributed by atoms with van der Waals surface area (Å²) in [6.45, 7) is 0. The maximum Gasteiger partial charge on any atom is 0.271 e. The summed E-state index contributed by atoms with van der Waals surface area (Å²) in [7, 11) is 3.00. The van der Waals surface area contributed by atoms with Crippen LogP contribution in [0.5, 0.6) is 11.5 Å². The smallest absolute Gasteiger partial charge is 0.271 e. The predicted octanol–water partition coefficient (Wildman–Crippen LogP) is 1.79. The molecule has 0 unspecified atom stereocenters. The molecule has 2 aromatic carbocycles. The summed E-state index contributed by atoms with van der Waals surface area (Å²) < 4.78 is 16.0. The Labute approximate surface area is 154 Å². The molecule has 1 aromatic heterocycles. The highest BCUT2D eigenvalue weighted by atomic mass is 16.5. The molecule has 0 spiro atoms. The Kier molecular flexibility index (Phi) is 5.07. The van der Waals surface area contributed by atoms with Crippen LogP contribution in [0.25, 0.3) is 11.0 Å². The van der Waals surface area contributed by atoms with Crippen LogP contribution in [-0.4, -0.2) is 26.0 Å². The highest BCUT2D eigenvalue weighted by Crippen LogP contribution is 2.24. The second-order valence-corrected chi connectivity index (χ2v) is 5.49. The van der Waals surface area contributed by atoms with Crippen molar-refractivity contribution in [3.05, 3.63) is 65.2 Å². The molecule has 8 nitrogen and oxygen atoms in total. The van der Waals surface area contributed by atoms with Crippen molar-refractivity contribution in [3.63, 3.8) is 0 Å². The zero-order valence-corrected chi connectivity index (χ0v) is 14.7. The van der Waals surface area contributed by atoms with Gasteiger partial charge < -0.3 is 19.6 Å². The van der Waals surface area contributed by atoms with E-state index in [1.54, 1.807) is 42.5 Å². The zero-order valence-electron chi connectivity index (χ0n) is 14.7. The first-order valence-corrected chi connectivity index (χ1v) is 7.92. The molecule has 0 aliphatic heterocycles. The van der Waals surface area contributed by atoms with Crippen LogP contribution in [0.2, 0.25) is 0 Å². The fraction of sp³-hybridized carbons (Fsp3) is 0.105. The number of amides is 2. The van der Waals surface area contributed by atoms with Gasteiger partial charge in [0, 0.05) is 10.9 Å². The van der Waals surface area contributed by atoms with Crippen LogP contribution in [0.15, 0.2) is 58.0 Å². The first-order chi connectivity index (χ1) is 13.0. The minimum absolute atomic E-state index is 0.0293. The van der Waals surface area contributed by atoms with E-state index in [9.17, 15) is 9.59 Å². The van der Waals surface area contributed by atoms with Gasteiger partial charge >= 0.3 is 0 Å². The van der Waals surface area contributed by atoms with Crippen molar-refractivity contribution in [2.24, 2.45) is 10.8 Å². The second kappa shape index (κ2) is 7.61. The zero-order chi connectivity index (χ0) is 19.4. The van der Waals surface area contributed by atoms with E-state index in [0.717, 1.165) is 0 Å². The monoisotopic (exact) mass is 367 g/mol. The van der Waals surface area contributed by atoms with E-state index in [-0.39, 0.29) is 11.1 Å². The van der Waals surface area contributed by atoms with Gasteiger partial charge in [-0.2, -0.15) is 0 Å². The van der Waals surface area contributed by atoms with Gasteiger partial charge in [0.2, 0.25) is 5.55 Å². The molecule has 27 heavy (non-hydrogen) atoms. The van der Waals surface area contributed by atoms with Crippen molar-refractivity contribution in [3.8, 4) is 11.5 Å². The number of primary amides is 1. The first-order valence-electron chi connectivity index (χ1n) is 7.92. The number of fused-ring (bicyclic) bond motifs is 1. The summed E-state index contributed by atoms with van der Waals surface area (Å²) in [5.41, 5.74) is 8.37. The van der Waals surface area contributed by atoms with Crippen molar-refractivity contribution in [1.82, 2.24) is 5.43 Å². The molecule has 0 atom stereocenters. The number of carbonyl (C=O) groups is 2. The van der Waals surface area contributed by atoms with Crippen LogP contribution in [0.4, 0.5) is 0 Å². The molecule has 3 rings (SSSR count). The van der Waals surface area contributed by atoms with E-state index < -0.39 is 11.8 Å². The van der Waals surface area contributed by atoms with Crippen LogP contribution in [-0.2, 0) is 0 Å². The molecule has 3 N–H and O–H groups in total. The van der Waals surface area contributed by atoms with Crippen LogP contribution in [0, 0.1) is 0 Å². The number of ether oxygens (including phenoxy) is 2. The largest absolute Gasteiger partial charge is 0.497 e. The Hall–Kier alpha value is -3.81. The van der Waals surface area contributed by atoms with Crippen LogP contribution in [0.1, 0.15) is 20.7 Å². The fourth-order valence-electron chi connectivity index (χ4n) is 2.48. The number of rotatable bonds is 5. The van der Waals surface area contributed by atoms with Crippen molar-refractivity contribution in [2.45, 2.75) is 0 Å². The minimum Gasteiger partial charge on any atom is -0.497 e. The van der Waals surface area contributed by atoms with Gasteiger partial charge in [-0.05, 0) is 30.3 Å². The van der Waals surface area contributed by atoms with Crippen LogP contribution in [0.3, 0.4) is 0 Å². The molecule has 2 amide bonds. The molecule has 0 radical (unpaired) electrons. The van der Waals surface area contributed by atoms with Gasteiger partial charge in [0.05, 0.1) is 14.2 Å². The Bertz CT molecular complexity index is 1090. The molecule has 3 aromatic rings. The molecule has 0 bridgehead atoms. The molecule has 138 valence electrons. The van der Waals surface area contributed by atoms with E-state index >= 15 is 0 Å². The normalized spacial score (nSPS) is 11.3. The van der Waals surface area contributed by atoms with Gasteiger partial charge in [0.15, 0.2) is 11.3 Å². The number of carbonyl (C=O) groups excluding carboxylic acids is 2. The van der Waals surface area contributed by atoms with E-state index in [2.05, 4.69) is 10.5 Å². The van der Waals surface area contributed by atoms with Gasteiger partial charge in [-0.1, -0.05) is 18.2 Å². The summed E-state index contributed by atoms with van der Waals surface area (Å²) >= 11 is 0. The molecule has 0 saturated carbocycles. The topological polar surface area (TPSA) is 116 Å². The molecule has 0 aliphatic rings. The standard InChI is InChI=1S/C19H17N3O5/c1-25-13-7-3-6-12(9-13)18(24)21-22-19-14(17(20)23)10-11-5-4-8-15(26-2)16(11)27-19/h3-10H,1-2H3,(H2,20,23)(H,21,24)/b22-19+. The van der Waals surface area contributed by atoms with Gasteiger partial charge in [0.1, 0.15) is 11.3 Å². The Morgan fingerprint density at radius 2 is 1.85 bits per heavy atom. The van der Waals surface area contributed by atoms with E-state index in [1.165, 1.54) is 20.3 Å². The highest BCUT2D eigenvalue weighted by Gasteiger charge is 2.13. The third-order valence-corrected chi connectivity index (χ3v) is 3.81. The number of methoxy groups -OCH3 is 2. The van der Waals surface area contributed by atoms with Crippen molar-refractivity contribution in [1.29, 1.82) is 0 Å². The van der Waals surface area contributed by atoms with E-state index in [1.807, 2.05) is 0 Å². The fourth-order valence-corrected chi connectivity index (χ4v) is 2.48. The quantitative estimate of drug-likeness (QED) is 0.667. The lowest BCUT2D eigenvalue weighted by molar-refractivity contribution is 0.0946. The number of hydrogen-bond donors (Lipinski definition) is 2. The molecular formula is C19H17N3O5. The number of nitrogens with zero attached hydrogens (tertiary/aromatic N) is 1. The SMILES string of the molecule is COc1cccc(C(=O)N/N=c2/oc3c(OC)cccc3cc2C(N)=O)c1. The summed E-state index contributed by atoms with van der Waals surface area (Å²) in [5.74, 6) is -0.253. The number of nitrogens with two attached hydrogens (primary N) is 1. The maximum absolute atomic E-state index is 12.3. The summed E-state index contributed by atoms with van der Waals surface area (Å²) in [5, 5.41) is 4.53. The predicted molar refractivity (Wildman–Crippen MR) is 97.3 cm³/mol. The Morgan fingerprint density at radius 1 is 1.07 bits per heavy atom. The molecule has 8 heteroatoms. The molecule has 1 heterocycles. The lowest BCUT2D eigenvalue weighted by atomic mass is 10.1. The van der Waals surface area contributed by atoms with Crippen LogP contribution >= 0.6 is 0 Å². The number of hydrogen-bond acceptors (Lipinski definition) is 6. The van der Waals surface area contributed by atoms with Crippen LogP contribution < -0.4 is 26.2 Å². The van der Waals surface area contributed by atoms with E-state index in [0.29, 0.717) is 28.0 Å². The lowest BCUT2D eigenvalue weighted by Crippen LogP contribution is -2.27. The van der Waals surface area contributed by atoms with Gasteiger partial charge in [0.25, 0.3) is 11.8 Å². The molecule has 0 saturated heterocycles. The number of nitrogens with one attached hydrogen (secondary N) is 1. The molecular weight excluding hydrogens is 350 g/mol. The Balaban J connectivity index is 2.04. The average molecular weight is 367 g/mol. The molecule has 0 fully saturated rings. The first kappa shape index (κ1) is 18.0. The van der Waals surface area contributed by atoms with Crippen molar-refractivity contribution in [2.75, 3.05) is 14.2 Å². The third kappa shape index (κ3) is 3.74. The minimum atomic E-state index is -0.738. The van der Waals surface area contributed by atoms with Crippen molar-refractivity contribution >= 4 is 22.8 Å². The van der Waals surface area contributed by atoms with Gasteiger partial charge in [-0.25, -0.2) is 5.43 Å². The summed E-state index contributed by atoms with van der Waals surface area (Å²) in [4.78, 5) is 24.1. The van der Waals surface area contributed by atoms with Gasteiger partial charge in [-0.15, -0.1) is 5.10 Å². The lowest BCUT2D eigenvalue weighted by Gasteiger charge is -2.06. The van der Waals surface area contributed by atoms with Gasteiger partial charge in [-0.3, -0.25) is 9.59 Å². The Morgan fingerprint density at radius 3 is 2.56 bits per heavy atom. The highest BCUT2D eigenvalue weighted by molar-refractivity contribution is 5.96. The number of benzene rings is 2. The second-order valence-electron chi connectivity index (χ2n) is 5.49. The molecule has 0 aliphatic carbocycles. The average Bonchev–Trinajstić information content (AvgIpc) is 2.70. The van der Waals surface area contributed by atoms with Crippen molar-refractivity contribution < 1.29 is 23.5 Å². The summed E-state index contributed by atoms with van der Waals surface area (Å²) in [6.07, 6.45) is 0. The van der Waals surface area contributed by atoms with E-state index in [4.69, 9.17) is 19.6 Å². The summed E-state index contributed by atoms with van der Waals surface area (Å²) in [6, 6.07) is 13.3.